The topological polar surface area (TPSA) is 52.2 Å². The van der Waals surface area contributed by atoms with Crippen LogP contribution in [0.5, 0.6) is 0 Å². The summed E-state index contributed by atoms with van der Waals surface area (Å²) >= 11 is 3.30. The van der Waals surface area contributed by atoms with E-state index in [1.165, 1.54) is 0 Å². The van der Waals surface area contributed by atoms with Gasteiger partial charge in [-0.15, -0.1) is 0 Å². The van der Waals surface area contributed by atoms with Crippen molar-refractivity contribution in [3.8, 4) is 0 Å². The van der Waals surface area contributed by atoms with Gasteiger partial charge in [-0.05, 0) is 28.1 Å². The quantitative estimate of drug-likeness (QED) is 0.677. The Morgan fingerprint density at radius 1 is 1.44 bits per heavy atom. The number of nitrogens with one attached hydrogen (secondary N) is 1. The van der Waals surface area contributed by atoms with E-state index in [1.807, 2.05) is 12.1 Å². The lowest BCUT2D eigenvalue weighted by atomic mass is 10.2. The molecule has 0 fully saturated rings. The number of amides is 1. The van der Waals surface area contributed by atoms with Crippen LogP contribution in [0.3, 0.4) is 0 Å². The highest BCUT2D eigenvalue weighted by molar-refractivity contribution is 9.10. The normalized spacial score (nSPS) is 11.2. The third-order valence-corrected chi connectivity index (χ3v) is 2.75. The fourth-order valence-electron chi connectivity index (χ4n) is 1.18. The summed E-state index contributed by atoms with van der Waals surface area (Å²) in [7, 11) is 3.09. The zero-order valence-electron chi connectivity index (χ0n) is 9.37. The molecule has 5 heteroatoms. The van der Waals surface area contributed by atoms with Gasteiger partial charge in [0.2, 0.25) is 0 Å². The molecule has 0 bridgehead atoms. The van der Waals surface area contributed by atoms with Crippen molar-refractivity contribution in [3.05, 3.63) is 39.5 Å². The molecule has 0 spiro atoms. The van der Waals surface area contributed by atoms with E-state index in [0.29, 0.717) is 18.7 Å². The maximum atomic E-state index is 11.7. The molecule has 0 unspecified atom stereocenters. The van der Waals surface area contributed by atoms with E-state index in [0.717, 1.165) is 4.47 Å². The van der Waals surface area contributed by atoms with Gasteiger partial charge in [-0.25, -0.2) is 0 Å². The lowest BCUT2D eigenvalue weighted by molar-refractivity contribution is -0.838. The highest BCUT2D eigenvalue weighted by Gasteiger charge is 2.09. The molecule has 0 radical (unpaired) electrons. The summed E-state index contributed by atoms with van der Waals surface area (Å²) in [4.78, 5) is 11.7. The summed E-state index contributed by atoms with van der Waals surface area (Å²) in [5, 5.41) is 14.0. The number of hydrogen-bond donors (Lipinski definition) is 1. The third kappa shape index (κ3) is 4.30. The van der Waals surface area contributed by atoms with Crippen molar-refractivity contribution in [1.29, 1.82) is 0 Å². The van der Waals surface area contributed by atoms with Crippen LogP contribution in [0.4, 0.5) is 0 Å². The Labute approximate surface area is 104 Å². The summed E-state index contributed by atoms with van der Waals surface area (Å²) in [5.41, 5.74) is 0.582. The maximum absolute atomic E-state index is 11.7. The first kappa shape index (κ1) is 13.2. The van der Waals surface area contributed by atoms with Crippen LogP contribution in [-0.2, 0) is 0 Å². The van der Waals surface area contributed by atoms with Crippen molar-refractivity contribution in [3.63, 3.8) is 0 Å². The van der Waals surface area contributed by atoms with Gasteiger partial charge in [-0.3, -0.25) is 4.79 Å². The molecule has 0 heterocycles. The Bertz CT molecular complexity index is 374. The molecule has 0 atom stereocenters. The summed E-state index contributed by atoms with van der Waals surface area (Å²) in [5.74, 6) is -0.166. The van der Waals surface area contributed by atoms with Gasteiger partial charge in [0.15, 0.2) is 0 Å². The Balaban J connectivity index is 2.51. The number of carbonyl (C=O) groups excluding carboxylic acids is 1. The number of halogens is 1. The molecule has 0 aliphatic heterocycles. The fourth-order valence-corrected chi connectivity index (χ4v) is 1.64. The van der Waals surface area contributed by atoms with Crippen molar-refractivity contribution in [2.75, 3.05) is 27.2 Å². The highest BCUT2D eigenvalue weighted by atomic mass is 79.9. The second-order valence-corrected chi connectivity index (χ2v) is 4.89. The fraction of sp³-hybridized carbons (Fsp3) is 0.364. The van der Waals surface area contributed by atoms with Crippen LogP contribution in [0.15, 0.2) is 28.7 Å². The monoisotopic (exact) mass is 286 g/mol. The van der Waals surface area contributed by atoms with Gasteiger partial charge in [0.25, 0.3) is 5.91 Å². The number of hydroxylamine groups is 3. The van der Waals surface area contributed by atoms with Crippen molar-refractivity contribution in [2.45, 2.75) is 0 Å². The van der Waals surface area contributed by atoms with Crippen LogP contribution in [-0.4, -0.2) is 37.7 Å². The number of hydrogen-bond acceptors (Lipinski definition) is 2. The van der Waals surface area contributed by atoms with E-state index < -0.39 is 4.65 Å². The first-order valence-electron chi connectivity index (χ1n) is 4.97. The zero-order valence-corrected chi connectivity index (χ0v) is 11.0. The van der Waals surface area contributed by atoms with Gasteiger partial charge in [0, 0.05) is 4.47 Å². The summed E-state index contributed by atoms with van der Waals surface area (Å²) in [6.45, 7) is 0.729. The van der Waals surface area contributed by atoms with Crippen molar-refractivity contribution in [1.82, 2.24) is 5.32 Å². The van der Waals surface area contributed by atoms with Gasteiger partial charge >= 0.3 is 0 Å². The molecule has 1 amide bonds. The van der Waals surface area contributed by atoms with E-state index in [9.17, 15) is 10.0 Å². The first-order chi connectivity index (χ1) is 7.40. The highest BCUT2D eigenvalue weighted by Crippen LogP contribution is 2.15. The minimum atomic E-state index is -0.407. The van der Waals surface area contributed by atoms with E-state index in [4.69, 9.17) is 0 Å². The van der Waals surface area contributed by atoms with E-state index >= 15 is 0 Å². The second kappa shape index (κ2) is 5.43. The first-order valence-corrected chi connectivity index (χ1v) is 5.76. The van der Waals surface area contributed by atoms with Gasteiger partial charge in [0.05, 0.1) is 32.7 Å². The minimum absolute atomic E-state index is 0.166. The van der Waals surface area contributed by atoms with Gasteiger partial charge in [-0.1, -0.05) is 12.1 Å². The number of rotatable bonds is 4. The Morgan fingerprint density at radius 3 is 2.62 bits per heavy atom. The molecular formula is C11H15BrN2O2. The summed E-state index contributed by atoms with van der Waals surface area (Å²) in [6, 6.07) is 7.19. The van der Waals surface area contributed by atoms with Crippen LogP contribution in [0.1, 0.15) is 10.4 Å². The molecule has 88 valence electrons. The maximum Gasteiger partial charge on any atom is 0.252 e. The predicted molar refractivity (Wildman–Crippen MR) is 66.8 cm³/mol. The van der Waals surface area contributed by atoms with Crippen molar-refractivity contribution in [2.24, 2.45) is 0 Å². The largest absolute Gasteiger partial charge is 0.633 e. The third-order valence-electron chi connectivity index (χ3n) is 2.05. The molecule has 4 nitrogen and oxygen atoms in total. The van der Waals surface area contributed by atoms with E-state index in [1.54, 1.807) is 26.2 Å². The molecule has 1 rings (SSSR count). The zero-order chi connectivity index (χ0) is 12.2. The Morgan fingerprint density at radius 2 is 2.06 bits per heavy atom. The van der Waals surface area contributed by atoms with Crippen LogP contribution in [0.2, 0.25) is 0 Å². The van der Waals surface area contributed by atoms with Crippen LogP contribution in [0.25, 0.3) is 0 Å². The van der Waals surface area contributed by atoms with Crippen LogP contribution >= 0.6 is 15.9 Å². The predicted octanol–water partition coefficient (Wildman–Crippen LogP) is 1.75. The minimum Gasteiger partial charge on any atom is -0.633 e. The average molecular weight is 287 g/mol. The summed E-state index contributed by atoms with van der Waals surface area (Å²) < 4.78 is 0.347. The molecule has 16 heavy (non-hydrogen) atoms. The van der Waals surface area contributed by atoms with E-state index in [-0.39, 0.29) is 5.91 Å². The Hall–Kier alpha value is -0.910. The van der Waals surface area contributed by atoms with Crippen molar-refractivity contribution >= 4 is 21.8 Å². The molecule has 0 aliphatic carbocycles. The second-order valence-electron chi connectivity index (χ2n) is 4.03. The number of likely N-dealkylation sites (N-methyl/N-ethyl adjacent to an activating group) is 1. The molecule has 1 aromatic rings. The summed E-state index contributed by atoms with van der Waals surface area (Å²) in [6.07, 6.45) is 0. The standard InChI is InChI=1S/C11H15BrN2O2/c1-14(2,16)8-7-13-11(15)9-5-3-4-6-10(9)12/h3-6H,7-8H2,1-2H3,(H,13,15). The SMILES string of the molecule is C[N+](C)([O-])CCNC(=O)c1ccccc1Br. The lowest BCUT2D eigenvalue weighted by Gasteiger charge is -2.33. The average Bonchev–Trinajstić information content (AvgIpc) is 2.16. The van der Waals surface area contributed by atoms with Gasteiger partial charge < -0.3 is 15.2 Å². The number of benzene rings is 1. The molecule has 1 aromatic carbocycles. The Kier molecular flexibility index (Phi) is 4.46. The number of carbonyl (C=O) groups is 1. The molecule has 1 N–H and O–H groups in total. The molecule has 0 aliphatic rings. The van der Waals surface area contributed by atoms with E-state index in [2.05, 4.69) is 21.2 Å². The number of nitrogens with zero attached hydrogens (tertiary/aromatic N) is 1. The number of quaternary nitrogens is 1. The van der Waals surface area contributed by atoms with Crippen LogP contribution in [0, 0.1) is 5.21 Å². The van der Waals surface area contributed by atoms with Gasteiger partial charge in [0.1, 0.15) is 0 Å². The lowest BCUT2D eigenvalue weighted by Crippen LogP contribution is -2.40. The molecule has 0 saturated carbocycles. The van der Waals surface area contributed by atoms with Crippen molar-refractivity contribution < 1.29 is 9.44 Å². The smallest absolute Gasteiger partial charge is 0.252 e. The molecule has 0 saturated heterocycles. The van der Waals surface area contributed by atoms with Gasteiger partial charge in [-0.2, -0.15) is 0 Å². The molecular weight excluding hydrogens is 272 g/mol. The molecule has 0 aromatic heterocycles. The van der Waals surface area contributed by atoms with Crippen LogP contribution < -0.4 is 5.32 Å².